The van der Waals surface area contributed by atoms with Gasteiger partial charge in [0.05, 0.1) is 16.7 Å². The van der Waals surface area contributed by atoms with Crippen LogP contribution in [0.3, 0.4) is 0 Å². The monoisotopic (exact) mass is 648 g/mol. The van der Waals surface area contributed by atoms with E-state index in [0.717, 1.165) is 12.1 Å². The van der Waals surface area contributed by atoms with Gasteiger partial charge in [-0.05, 0) is 55.0 Å². The number of fused-ring (bicyclic) bond motifs is 2. The number of hydrogen-bond acceptors (Lipinski definition) is 9. The van der Waals surface area contributed by atoms with E-state index in [9.17, 15) is 33.0 Å². The Hall–Kier alpha value is -4.31. The van der Waals surface area contributed by atoms with Gasteiger partial charge in [0.15, 0.2) is 6.23 Å². The van der Waals surface area contributed by atoms with Crippen LogP contribution in [0.5, 0.6) is 11.5 Å². The van der Waals surface area contributed by atoms with E-state index in [-0.39, 0.29) is 42.2 Å². The number of nitrogens with one attached hydrogen (secondary N) is 3. The van der Waals surface area contributed by atoms with E-state index in [2.05, 4.69) is 25.0 Å². The highest BCUT2D eigenvalue weighted by Gasteiger charge is 2.41. The summed E-state index contributed by atoms with van der Waals surface area (Å²) < 4.78 is 48.4. The third kappa shape index (κ3) is 6.56. The number of imidazole rings is 1. The van der Waals surface area contributed by atoms with E-state index in [1.54, 1.807) is 22.6 Å². The highest BCUT2D eigenvalue weighted by atomic mass is 35.5. The number of nitrogens with zero attached hydrogens (tertiary/aromatic N) is 3. The smallest absolute Gasteiger partial charge is 0.491 e. The molecule has 2 unspecified atom stereocenters. The summed E-state index contributed by atoms with van der Waals surface area (Å²) in [6.07, 6.45) is -4.41. The van der Waals surface area contributed by atoms with E-state index >= 15 is 0 Å². The first-order chi connectivity index (χ1) is 21.5. The molecule has 0 radical (unpaired) electrons. The Morgan fingerprint density at radius 3 is 2.64 bits per heavy atom. The molecule has 12 nitrogen and oxygen atoms in total. The number of aliphatic hydroxyl groups excluding tert-OH is 2. The fourth-order valence-electron chi connectivity index (χ4n) is 5.57. The van der Waals surface area contributed by atoms with E-state index in [1.807, 2.05) is 0 Å². The Labute approximate surface area is 258 Å². The number of H-pyrrole nitrogens is 2. The lowest BCUT2D eigenvalue weighted by molar-refractivity contribution is -0.274. The molecule has 45 heavy (non-hydrogen) atoms. The quantitative estimate of drug-likeness (QED) is 0.171. The minimum Gasteiger partial charge on any atom is -0.491 e. The van der Waals surface area contributed by atoms with Gasteiger partial charge in [-0.3, -0.25) is 9.59 Å². The zero-order chi connectivity index (χ0) is 31.9. The fraction of sp³-hybridized carbons (Fsp3) is 0.345. The van der Waals surface area contributed by atoms with Gasteiger partial charge in [0.25, 0.3) is 11.5 Å². The molecular weight excluding hydrogens is 621 g/mol. The molecule has 2 aliphatic rings. The van der Waals surface area contributed by atoms with Crippen molar-refractivity contribution in [3.8, 4) is 22.9 Å². The largest absolute Gasteiger partial charge is 0.573 e. The first-order valence-electron chi connectivity index (χ1n) is 14.0. The topological polar surface area (TPSA) is 156 Å². The second kappa shape index (κ2) is 12.2. The lowest BCUT2D eigenvalue weighted by atomic mass is 10.0. The molecule has 0 saturated carbocycles. The number of halogens is 4. The molecule has 2 aromatic heterocycles. The number of piperidine rings is 1. The number of ether oxygens (including phenoxy) is 2. The summed E-state index contributed by atoms with van der Waals surface area (Å²) in [5, 5.41) is 24.5. The van der Waals surface area contributed by atoms with Crippen molar-refractivity contribution in [1.29, 1.82) is 0 Å². The summed E-state index contributed by atoms with van der Waals surface area (Å²) >= 11 is 6.06. The highest BCUT2D eigenvalue weighted by molar-refractivity contribution is 6.13. The maximum Gasteiger partial charge on any atom is 0.573 e. The third-order valence-electron chi connectivity index (χ3n) is 7.67. The van der Waals surface area contributed by atoms with Crippen molar-refractivity contribution < 1.29 is 37.7 Å². The van der Waals surface area contributed by atoms with Crippen molar-refractivity contribution >= 4 is 34.4 Å². The maximum absolute atomic E-state index is 13.3. The van der Waals surface area contributed by atoms with Crippen LogP contribution in [0.4, 0.5) is 18.9 Å². The Kier molecular flexibility index (Phi) is 8.35. The lowest BCUT2D eigenvalue weighted by Gasteiger charge is -2.35. The first-order valence-corrected chi connectivity index (χ1v) is 14.4. The van der Waals surface area contributed by atoms with Crippen LogP contribution in [0.2, 0.25) is 0 Å². The normalized spacial score (nSPS) is 18.3. The molecule has 1 saturated heterocycles. The van der Waals surface area contributed by atoms with Gasteiger partial charge in [-0.1, -0.05) is 6.07 Å². The molecule has 238 valence electrons. The lowest BCUT2D eigenvalue weighted by Crippen LogP contribution is -2.44. The Morgan fingerprint density at radius 1 is 1.13 bits per heavy atom. The number of benzene rings is 2. The van der Waals surface area contributed by atoms with Crippen LogP contribution >= 0.6 is 11.8 Å². The minimum atomic E-state index is -4.85. The van der Waals surface area contributed by atoms with E-state index in [4.69, 9.17) is 16.5 Å². The zero-order valence-corrected chi connectivity index (χ0v) is 24.2. The number of alkyl halides is 3. The molecular formula is C29H28ClF3N6O6. The number of pyridine rings is 1. The van der Waals surface area contributed by atoms with E-state index in [1.165, 1.54) is 23.2 Å². The molecule has 5 N–H and O–H groups in total. The van der Waals surface area contributed by atoms with Crippen LogP contribution in [0, 0.1) is 0 Å². The molecule has 4 aromatic rings. The van der Waals surface area contributed by atoms with Crippen molar-refractivity contribution in [3.05, 3.63) is 70.1 Å². The summed E-state index contributed by atoms with van der Waals surface area (Å²) in [6.45, 7) is 0.857. The summed E-state index contributed by atoms with van der Waals surface area (Å²) in [7, 11) is 0. The number of aromatic nitrogens is 3. The van der Waals surface area contributed by atoms with Crippen LogP contribution in [0.15, 0.2) is 53.5 Å². The van der Waals surface area contributed by atoms with Crippen molar-refractivity contribution in [3.63, 3.8) is 0 Å². The summed E-state index contributed by atoms with van der Waals surface area (Å²) in [5.74, 6) is -0.499. The van der Waals surface area contributed by atoms with Gasteiger partial charge in [-0.15, -0.1) is 13.2 Å². The van der Waals surface area contributed by atoms with Gasteiger partial charge >= 0.3 is 6.36 Å². The SMILES string of the molecule is O=C1c2cc3nc(-c4c(NCC(O)COc5cccc(OC(F)(F)F)c5)cc[nH]c4=O)[nH]c3cc2C(O)N1C1CCN(Cl)CC1. The molecule has 2 atom stereocenters. The van der Waals surface area contributed by atoms with Crippen LogP contribution in [-0.4, -0.2) is 85.1 Å². The molecule has 6 rings (SSSR count). The molecule has 2 aliphatic heterocycles. The molecule has 1 amide bonds. The number of aliphatic hydroxyl groups is 2. The van der Waals surface area contributed by atoms with Gasteiger partial charge < -0.3 is 39.9 Å². The van der Waals surface area contributed by atoms with Gasteiger partial charge in [0.2, 0.25) is 0 Å². The summed E-state index contributed by atoms with van der Waals surface area (Å²) in [4.78, 5) is 37.9. The molecule has 0 spiro atoms. The van der Waals surface area contributed by atoms with Crippen molar-refractivity contribution in [2.45, 2.75) is 37.6 Å². The second-order valence-electron chi connectivity index (χ2n) is 10.7. The number of amides is 1. The number of carbonyl (C=O) groups excluding carboxylic acids is 1. The standard InChI is InChI=1S/C29H28ClF3N6O6/c30-38-8-5-15(6-9-38)39-27(42)19-11-22-23(12-20(19)28(39)43)37-25(36-22)24-21(4-7-34-26(24)41)35-13-16(40)14-44-17-2-1-3-18(10-17)45-29(31,32)33/h1-4,7,10-12,15-16,27,40,42H,5-6,8-9,13-14H2,(H,36,37)(H2,34,35,41). The van der Waals surface area contributed by atoms with Crippen LogP contribution in [-0.2, 0) is 0 Å². The number of hydrogen-bond donors (Lipinski definition) is 5. The van der Waals surface area contributed by atoms with Crippen molar-refractivity contribution in [1.82, 2.24) is 24.3 Å². The van der Waals surface area contributed by atoms with Gasteiger partial charge in [0.1, 0.15) is 35.6 Å². The second-order valence-corrected chi connectivity index (χ2v) is 11.2. The molecule has 2 aromatic carbocycles. The van der Waals surface area contributed by atoms with Crippen LogP contribution in [0.1, 0.15) is 35.0 Å². The number of carbonyl (C=O) groups is 1. The minimum absolute atomic E-state index is 0.0641. The molecule has 16 heteroatoms. The van der Waals surface area contributed by atoms with Crippen molar-refractivity contribution in [2.75, 3.05) is 31.6 Å². The van der Waals surface area contributed by atoms with Crippen LogP contribution < -0.4 is 20.3 Å². The van der Waals surface area contributed by atoms with E-state index < -0.39 is 30.0 Å². The summed E-state index contributed by atoms with van der Waals surface area (Å²) in [6, 6.07) is 9.59. The third-order valence-corrected chi connectivity index (χ3v) is 8.01. The number of anilines is 1. The molecule has 0 aliphatic carbocycles. The Balaban J connectivity index is 1.16. The Morgan fingerprint density at radius 2 is 1.89 bits per heavy atom. The average molecular weight is 649 g/mol. The van der Waals surface area contributed by atoms with Gasteiger partial charge in [-0.25, -0.2) is 9.40 Å². The predicted molar refractivity (Wildman–Crippen MR) is 157 cm³/mol. The first kappa shape index (κ1) is 30.7. The number of aromatic amines is 2. The molecule has 0 bridgehead atoms. The predicted octanol–water partition coefficient (Wildman–Crippen LogP) is 3.73. The molecule has 1 fully saturated rings. The highest BCUT2D eigenvalue weighted by Crippen LogP contribution is 2.38. The maximum atomic E-state index is 13.3. The Bertz CT molecular complexity index is 1770. The zero-order valence-electron chi connectivity index (χ0n) is 23.5. The fourth-order valence-corrected chi connectivity index (χ4v) is 5.77. The van der Waals surface area contributed by atoms with E-state index in [0.29, 0.717) is 53.8 Å². The van der Waals surface area contributed by atoms with Gasteiger partial charge in [-0.2, -0.15) is 0 Å². The van der Waals surface area contributed by atoms with Crippen molar-refractivity contribution in [2.24, 2.45) is 0 Å². The average Bonchev–Trinajstić information content (AvgIpc) is 3.51. The van der Waals surface area contributed by atoms with Gasteiger partial charge in [0, 0.05) is 49.1 Å². The number of rotatable bonds is 9. The van der Waals surface area contributed by atoms with Crippen LogP contribution in [0.25, 0.3) is 22.4 Å². The summed E-state index contributed by atoms with van der Waals surface area (Å²) in [5.41, 5.74) is 1.69. The molecule has 4 heterocycles.